The molecular weight excluding hydrogens is 406 g/mol. The predicted molar refractivity (Wildman–Crippen MR) is 109 cm³/mol. The van der Waals surface area contributed by atoms with Crippen LogP contribution in [0.1, 0.15) is 43.9 Å². The SMILES string of the molecule is CN1C(=O)c2ccc(S(=O)(=O)NC3CCCN(C(=O)c4ccccc4)C3)cc2C1=O. The van der Waals surface area contributed by atoms with Crippen LogP contribution in [-0.2, 0) is 10.0 Å². The van der Waals surface area contributed by atoms with Crippen LogP contribution in [0.25, 0.3) is 0 Å². The molecule has 156 valence electrons. The number of sulfonamides is 1. The molecule has 30 heavy (non-hydrogen) atoms. The average Bonchev–Trinajstić information content (AvgIpc) is 2.97. The van der Waals surface area contributed by atoms with Crippen molar-refractivity contribution < 1.29 is 22.8 Å². The standard InChI is InChI=1S/C21H21N3O5S/c1-23-20(26)17-10-9-16(12-18(17)21(23)27)30(28,29)22-15-8-5-11-24(13-15)19(25)14-6-3-2-4-7-14/h2-4,6-7,9-10,12,15,22H,5,8,11,13H2,1H3. The molecule has 2 aliphatic heterocycles. The summed E-state index contributed by atoms with van der Waals surface area (Å²) in [6.45, 7) is 0.825. The number of nitrogens with one attached hydrogen (secondary N) is 1. The first kappa shape index (κ1) is 20.2. The van der Waals surface area contributed by atoms with Gasteiger partial charge in [-0.25, -0.2) is 13.1 Å². The molecule has 2 heterocycles. The molecule has 1 N–H and O–H groups in total. The number of nitrogens with zero attached hydrogens (tertiary/aromatic N) is 2. The lowest BCUT2D eigenvalue weighted by atomic mass is 10.1. The van der Waals surface area contributed by atoms with E-state index in [-0.39, 0.29) is 28.5 Å². The van der Waals surface area contributed by atoms with E-state index >= 15 is 0 Å². The van der Waals surface area contributed by atoms with Gasteiger partial charge in [-0.3, -0.25) is 19.3 Å². The summed E-state index contributed by atoms with van der Waals surface area (Å²) in [5, 5.41) is 0. The van der Waals surface area contributed by atoms with Crippen LogP contribution in [0.3, 0.4) is 0 Å². The number of amides is 3. The number of benzene rings is 2. The number of fused-ring (bicyclic) bond motifs is 1. The second kappa shape index (κ2) is 7.66. The van der Waals surface area contributed by atoms with Crippen LogP contribution in [-0.4, -0.2) is 62.1 Å². The van der Waals surface area contributed by atoms with Crippen molar-refractivity contribution in [2.24, 2.45) is 0 Å². The minimum atomic E-state index is -3.92. The van der Waals surface area contributed by atoms with Gasteiger partial charge in [0.1, 0.15) is 0 Å². The first-order chi connectivity index (χ1) is 14.3. The molecule has 0 bridgehead atoms. The Morgan fingerprint density at radius 3 is 2.47 bits per heavy atom. The first-order valence-electron chi connectivity index (χ1n) is 9.61. The van der Waals surface area contributed by atoms with Gasteiger partial charge in [0.05, 0.1) is 16.0 Å². The highest BCUT2D eigenvalue weighted by molar-refractivity contribution is 7.89. The Morgan fingerprint density at radius 1 is 1.03 bits per heavy atom. The summed E-state index contributed by atoms with van der Waals surface area (Å²) < 4.78 is 28.4. The zero-order valence-corrected chi connectivity index (χ0v) is 17.2. The van der Waals surface area contributed by atoms with Gasteiger partial charge in [0.2, 0.25) is 10.0 Å². The molecule has 2 aliphatic rings. The van der Waals surface area contributed by atoms with Crippen molar-refractivity contribution >= 4 is 27.7 Å². The van der Waals surface area contributed by atoms with Crippen LogP contribution >= 0.6 is 0 Å². The van der Waals surface area contributed by atoms with E-state index in [1.165, 1.54) is 25.2 Å². The molecule has 0 radical (unpaired) electrons. The van der Waals surface area contributed by atoms with Crippen molar-refractivity contribution in [3.63, 3.8) is 0 Å². The van der Waals surface area contributed by atoms with Gasteiger partial charge in [0.15, 0.2) is 0 Å². The third-order valence-electron chi connectivity index (χ3n) is 5.42. The fraction of sp³-hybridized carbons (Fsp3) is 0.286. The molecule has 1 unspecified atom stereocenters. The summed E-state index contributed by atoms with van der Waals surface area (Å²) in [5.74, 6) is -1.11. The first-order valence-corrected chi connectivity index (χ1v) is 11.1. The lowest BCUT2D eigenvalue weighted by Gasteiger charge is -2.33. The Bertz CT molecular complexity index is 1130. The minimum absolute atomic E-state index is 0.0786. The summed E-state index contributed by atoms with van der Waals surface area (Å²) in [6, 6.07) is 12.3. The van der Waals surface area contributed by atoms with E-state index in [9.17, 15) is 22.8 Å². The predicted octanol–water partition coefficient (Wildman–Crippen LogP) is 1.50. The zero-order chi connectivity index (χ0) is 21.5. The van der Waals surface area contributed by atoms with Crippen LogP contribution in [0.5, 0.6) is 0 Å². The van der Waals surface area contributed by atoms with E-state index in [0.717, 1.165) is 4.90 Å². The lowest BCUT2D eigenvalue weighted by Crippen LogP contribution is -2.49. The quantitative estimate of drug-likeness (QED) is 0.745. The van der Waals surface area contributed by atoms with Crippen LogP contribution in [0.4, 0.5) is 0 Å². The maximum Gasteiger partial charge on any atom is 0.261 e. The molecule has 3 amide bonds. The van der Waals surface area contributed by atoms with Gasteiger partial charge in [0.25, 0.3) is 17.7 Å². The van der Waals surface area contributed by atoms with Gasteiger partial charge in [0, 0.05) is 31.7 Å². The van der Waals surface area contributed by atoms with Gasteiger partial charge in [-0.15, -0.1) is 0 Å². The lowest BCUT2D eigenvalue weighted by molar-refractivity contribution is 0.0687. The molecule has 2 aromatic rings. The summed E-state index contributed by atoms with van der Waals surface area (Å²) in [6.07, 6.45) is 1.27. The topological polar surface area (TPSA) is 104 Å². The number of hydrogen-bond acceptors (Lipinski definition) is 5. The molecule has 4 rings (SSSR count). The average molecular weight is 427 g/mol. The second-order valence-electron chi connectivity index (χ2n) is 7.45. The second-order valence-corrected chi connectivity index (χ2v) is 9.17. The number of rotatable bonds is 4. The van der Waals surface area contributed by atoms with E-state index in [1.807, 2.05) is 6.07 Å². The van der Waals surface area contributed by atoms with Crippen LogP contribution in [0.2, 0.25) is 0 Å². The highest BCUT2D eigenvalue weighted by Gasteiger charge is 2.34. The number of likely N-dealkylation sites (tertiary alicyclic amines) is 1. The Balaban J connectivity index is 1.51. The van der Waals surface area contributed by atoms with Crippen molar-refractivity contribution in [3.05, 3.63) is 65.2 Å². The summed E-state index contributed by atoms with van der Waals surface area (Å²) in [5.41, 5.74) is 0.834. The van der Waals surface area contributed by atoms with E-state index in [1.54, 1.807) is 29.2 Å². The monoisotopic (exact) mass is 427 g/mol. The number of piperidine rings is 1. The summed E-state index contributed by atoms with van der Waals surface area (Å²) >= 11 is 0. The number of imide groups is 1. The highest BCUT2D eigenvalue weighted by atomic mass is 32.2. The van der Waals surface area contributed by atoms with Crippen molar-refractivity contribution in [1.29, 1.82) is 0 Å². The zero-order valence-electron chi connectivity index (χ0n) is 16.4. The van der Waals surface area contributed by atoms with E-state index in [4.69, 9.17) is 0 Å². The molecule has 1 atom stereocenters. The summed E-state index contributed by atoms with van der Waals surface area (Å²) in [7, 11) is -2.57. The molecule has 9 heteroatoms. The van der Waals surface area contributed by atoms with E-state index in [0.29, 0.717) is 24.9 Å². The number of carbonyl (C=O) groups excluding carboxylic acids is 3. The molecule has 8 nitrogen and oxygen atoms in total. The Morgan fingerprint density at radius 2 is 1.73 bits per heavy atom. The molecule has 1 fully saturated rings. The highest BCUT2D eigenvalue weighted by Crippen LogP contribution is 2.25. The van der Waals surface area contributed by atoms with Crippen LogP contribution < -0.4 is 4.72 Å². The van der Waals surface area contributed by atoms with Crippen LogP contribution in [0.15, 0.2) is 53.4 Å². The van der Waals surface area contributed by atoms with Gasteiger partial charge in [-0.1, -0.05) is 18.2 Å². The van der Waals surface area contributed by atoms with Gasteiger partial charge >= 0.3 is 0 Å². The third-order valence-corrected chi connectivity index (χ3v) is 6.94. The fourth-order valence-electron chi connectivity index (χ4n) is 3.82. The molecule has 0 spiro atoms. The van der Waals surface area contributed by atoms with Gasteiger partial charge in [-0.05, 0) is 43.2 Å². The fourth-order valence-corrected chi connectivity index (χ4v) is 5.10. The van der Waals surface area contributed by atoms with Crippen molar-refractivity contribution in [2.45, 2.75) is 23.8 Å². The molecular formula is C21H21N3O5S. The normalized spacial score (nSPS) is 19.2. The Hall–Kier alpha value is -3.04. The Kier molecular flexibility index (Phi) is 5.17. The maximum absolute atomic E-state index is 12.9. The van der Waals surface area contributed by atoms with Gasteiger partial charge < -0.3 is 4.90 Å². The van der Waals surface area contributed by atoms with Crippen molar-refractivity contribution in [3.8, 4) is 0 Å². The molecule has 1 saturated heterocycles. The molecule has 0 aromatic heterocycles. The number of carbonyl (C=O) groups is 3. The maximum atomic E-state index is 12.9. The van der Waals surface area contributed by atoms with E-state index in [2.05, 4.69) is 4.72 Å². The van der Waals surface area contributed by atoms with Crippen molar-refractivity contribution in [1.82, 2.24) is 14.5 Å². The summed E-state index contributed by atoms with van der Waals surface area (Å²) in [4.78, 5) is 39.4. The molecule has 0 saturated carbocycles. The van der Waals surface area contributed by atoms with Crippen molar-refractivity contribution in [2.75, 3.05) is 20.1 Å². The third kappa shape index (κ3) is 3.61. The van der Waals surface area contributed by atoms with Crippen LogP contribution in [0, 0.1) is 0 Å². The largest absolute Gasteiger partial charge is 0.337 e. The van der Waals surface area contributed by atoms with E-state index < -0.39 is 27.9 Å². The molecule has 2 aromatic carbocycles. The molecule has 0 aliphatic carbocycles. The minimum Gasteiger partial charge on any atom is -0.337 e. The van der Waals surface area contributed by atoms with Gasteiger partial charge in [-0.2, -0.15) is 0 Å². The Labute approximate surface area is 174 Å². The number of hydrogen-bond donors (Lipinski definition) is 1. The smallest absolute Gasteiger partial charge is 0.261 e.